The molecule has 0 radical (unpaired) electrons. The molecule has 0 atom stereocenters. The van der Waals surface area contributed by atoms with Crippen LogP contribution in [0.1, 0.15) is 36.1 Å². The number of aryl methyl sites for hydroxylation is 2. The van der Waals surface area contributed by atoms with Crippen molar-refractivity contribution in [3.8, 4) is 11.5 Å². The smallest absolute Gasteiger partial charge is 0.180 e. The van der Waals surface area contributed by atoms with E-state index in [2.05, 4.69) is 21.4 Å². The van der Waals surface area contributed by atoms with Gasteiger partial charge in [-0.2, -0.15) is 0 Å². The van der Waals surface area contributed by atoms with Crippen molar-refractivity contribution in [2.24, 2.45) is 0 Å². The highest BCUT2D eigenvalue weighted by molar-refractivity contribution is 5.57. The first-order valence-corrected chi connectivity index (χ1v) is 7.28. The monoisotopic (exact) mass is 268 g/mol. The van der Waals surface area contributed by atoms with Gasteiger partial charge < -0.3 is 5.32 Å². The number of hydrogen-bond donors (Lipinski definition) is 1. The molecule has 0 aliphatic heterocycles. The van der Waals surface area contributed by atoms with Crippen molar-refractivity contribution >= 4 is 5.82 Å². The number of nitrogens with zero attached hydrogens (tertiary/aromatic N) is 3. The number of hydrogen-bond acceptors (Lipinski definition) is 4. The third-order valence-corrected chi connectivity index (χ3v) is 3.81. The molecule has 0 saturated heterocycles. The molecule has 1 aliphatic rings. The first-order chi connectivity index (χ1) is 9.78. The minimum atomic E-state index is 0.731. The van der Waals surface area contributed by atoms with Crippen LogP contribution in [-0.4, -0.2) is 22.0 Å². The first-order valence-electron chi connectivity index (χ1n) is 7.28. The van der Waals surface area contributed by atoms with Gasteiger partial charge >= 0.3 is 0 Å². The van der Waals surface area contributed by atoms with Crippen molar-refractivity contribution in [1.82, 2.24) is 15.0 Å². The lowest BCUT2D eigenvalue weighted by Gasteiger charge is -2.12. The Kier molecular flexibility index (Phi) is 3.63. The van der Waals surface area contributed by atoms with E-state index in [1.54, 1.807) is 0 Å². The van der Waals surface area contributed by atoms with Crippen LogP contribution in [0.4, 0.5) is 5.82 Å². The number of rotatable bonds is 2. The van der Waals surface area contributed by atoms with Crippen LogP contribution in [-0.2, 0) is 12.8 Å². The first kappa shape index (κ1) is 13.0. The molecule has 1 N–H and O–H groups in total. The molecule has 4 nitrogen and oxygen atoms in total. The van der Waals surface area contributed by atoms with Gasteiger partial charge in [-0.3, -0.25) is 4.98 Å². The van der Waals surface area contributed by atoms with E-state index in [4.69, 9.17) is 4.98 Å². The minimum Gasteiger partial charge on any atom is -0.373 e. The molecule has 0 aromatic carbocycles. The average molecular weight is 268 g/mol. The molecule has 0 bridgehead atoms. The molecule has 104 valence electrons. The number of aromatic nitrogens is 3. The fourth-order valence-corrected chi connectivity index (χ4v) is 2.69. The second-order valence-corrected chi connectivity index (χ2v) is 5.35. The SMILES string of the molecule is CNc1nc(-c2ccc(C)cn2)nc2c1CCCCC2. The summed E-state index contributed by atoms with van der Waals surface area (Å²) in [5.41, 5.74) is 4.48. The Labute approximate surface area is 119 Å². The van der Waals surface area contributed by atoms with Crippen LogP contribution < -0.4 is 5.32 Å². The zero-order valence-corrected chi connectivity index (χ0v) is 12.1. The molecule has 2 aromatic heterocycles. The van der Waals surface area contributed by atoms with Crippen molar-refractivity contribution in [2.45, 2.75) is 39.0 Å². The molecular weight excluding hydrogens is 248 g/mol. The van der Waals surface area contributed by atoms with Gasteiger partial charge in [0.1, 0.15) is 11.5 Å². The summed E-state index contributed by atoms with van der Waals surface area (Å²) in [7, 11) is 1.93. The lowest BCUT2D eigenvalue weighted by atomic mass is 10.1. The molecule has 0 amide bonds. The van der Waals surface area contributed by atoms with Crippen LogP contribution in [0.2, 0.25) is 0 Å². The second kappa shape index (κ2) is 5.57. The zero-order valence-electron chi connectivity index (χ0n) is 12.1. The maximum Gasteiger partial charge on any atom is 0.180 e. The van der Waals surface area contributed by atoms with E-state index in [-0.39, 0.29) is 0 Å². The lowest BCUT2D eigenvalue weighted by Crippen LogP contribution is -2.07. The van der Waals surface area contributed by atoms with Crippen LogP contribution in [0.15, 0.2) is 18.3 Å². The van der Waals surface area contributed by atoms with E-state index in [1.165, 1.54) is 30.5 Å². The predicted molar refractivity (Wildman–Crippen MR) is 80.8 cm³/mol. The Morgan fingerprint density at radius 2 is 1.90 bits per heavy atom. The minimum absolute atomic E-state index is 0.731. The van der Waals surface area contributed by atoms with Gasteiger partial charge in [0.05, 0.1) is 0 Å². The van der Waals surface area contributed by atoms with E-state index in [1.807, 2.05) is 26.2 Å². The number of fused-ring (bicyclic) bond motifs is 1. The molecule has 2 aromatic rings. The van der Waals surface area contributed by atoms with Gasteiger partial charge in [-0.25, -0.2) is 9.97 Å². The van der Waals surface area contributed by atoms with E-state index < -0.39 is 0 Å². The summed E-state index contributed by atoms with van der Waals surface area (Å²) in [6.45, 7) is 2.04. The molecule has 1 aliphatic carbocycles. The maximum atomic E-state index is 4.77. The van der Waals surface area contributed by atoms with Crippen molar-refractivity contribution in [3.05, 3.63) is 35.2 Å². The third-order valence-electron chi connectivity index (χ3n) is 3.81. The fourth-order valence-electron chi connectivity index (χ4n) is 2.69. The third kappa shape index (κ3) is 2.50. The molecule has 20 heavy (non-hydrogen) atoms. The molecule has 0 unspecified atom stereocenters. The van der Waals surface area contributed by atoms with Crippen LogP contribution in [0.5, 0.6) is 0 Å². The highest BCUT2D eigenvalue weighted by Crippen LogP contribution is 2.27. The largest absolute Gasteiger partial charge is 0.373 e. The summed E-state index contributed by atoms with van der Waals surface area (Å²) >= 11 is 0. The zero-order chi connectivity index (χ0) is 13.9. The maximum absolute atomic E-state index is 4.77. The normalized spacial score (nSPS) is 14.5. The molecule has 0 spiro atoms. The van der Waals surface area contributed by atoms with Gasteiger partial charge in [0, 0.05) is 24.5 Å². The second-order valence-electron chi connectivity index (χ2n) is 5.35. The molecule has 0 fully saturated rings. The summed E-state index contributed by atoms with van der Waals surface area (Å²) in [4.78, 5) is 13.9. The van der Waals surface area contributed by atoms with Gasteiger partial charge in [-0.1, -0.05) is 12.5 Å². The summed E-state index contributed by atoms with van der Waals surface area (Å²) in [5, 5.41) is 3.23. The van der Waals surface area contributed by atoms with Crippen molar-refractivity contribution in [1.29, 1.82) is 0 Å². The van der Waals surface area contributed by atoms with E-state index in [0.29, 0.717) is 0 Å². The van der Waals surface area contributed by atoms with Crippen LogP contribution in [0, 0.1) is 6.92 Å². The van der Waals surface area contributed by atoms with E-state index >= 15 is 0 Å². The Morgan fingerprint density at radius 1 is 1.05 bits per heavy atom. The Morgan fingerprint density at radius 3 is 2.65 bits per heavy atom. The highest BCUT2D eigenvalue weighted by Gasteiger charge is 2.17. The van der Waals surface area contributed by atoms with Crippen LogP contribution in [0.3, 0.4) is 0 Å². The number of nitrogens with one attached hydrogen (secondary N) is 1. The van der Waals surface area contributed by atoms with E-state index in [9.17, 15) is 0 Å². The molecule has 0 saturated carbocycles. The predicted octanol–water partition coefficient (Wildman–Crippen LogP) is 3.16. The van der Waals surface area contributed by atoms with Gasteiger partial charge in [-0.15, -0.1) is 0 Å². The van der Waals surface area contributed by atoms with Gasteiger partial charge in [0.2, 0.25) is 0 Å². The Balaban J connectivity index is 2.08. The molecule has 3 rings (SSSR count). The molecule has 2 heterocycles. The molecule has 4 heteroatoms. The number of pyridine rings is 1. The summed E-state index contributed by atoms with van der Waals surface area (Å²) in [6, 6.07) is 4.05. The topological polar surface area (TPSA) is 50.7 Å². The van der Waals surface area contributed by atoms with Gasteiger partial charge in [-0.05, 0) is 44.2 Å². The van der Waals surface area contributed by atoms with Crippen molar-refractivity contribution in [3.63, 3.8) is 0 Å². The summed E-state index contributed by atoms with van der Waals surface area (Å²) in [6.07, 6.45) is 7.71. The standard InChI is InChI=1S/C16H20N4/c1-11-8-9-14(18-10-11)16-19-13-7-5-3-4-6-12(13)15(17-2)20-16/h8-10H,3-7H2,1-2H3,(H,17,19,20). The lowest BCUT2D eigenvalue weighted by molar-refractivity contribution is 0.709. The average Bonchev–Trinajstić information content (AvgIpc) is 2.72. The highest BCUT2D eigenvalue weighted by atomic mass is 15.0. The fraction of sp³-hybridized carbons (Fsp3) is 0.438. The van der Waals surface area contributed by atoms with Crippen molar-refractivity contribution in [2.75, 3.05) is 12.4 Å². The van der Waals surface area contributed by atoms with Crippen molar-refractivity contribution < 1.29 is 0 Å². The Bertz CT molecular complexity index is 605. The van der Waals surface area contributed by atoms with Crippen LogP contribution >= 0.6 is 0 Å². The quantitative estimate of drug-likeness (QED) is 0.850. The Hall–Kier alpha value is -1.97. The molecular formula is C16H20N4. The number of anilines is 1. The summed E-state index contributed by atoms with van der Waals surface area (Å²) < 4.78 is 0. The van der Waals surface area contributed by atoms with Gasteiger partial charge in [0.25, 0.3) is 0 Å². The van der Waals surface area contributed by atoms with Crippen LogP contribution in [0.25, 0.3) is 11.5 Å². The van der Waals surface area contributed by atoms with Gasteiger partial charge in [0.15, 0.2) is 5.82 Å². The summed E-state index contributed by atoms with van der Waals surface area (Å²) in [5.74, 6) is 1.70. The van der Waals surface area contributed by atoms with E-state index in [0.717, 1.165) is 35.7 Å².